The fourth-order valence-corrected chi connectivity index (χ4v) is 3.28. The maximum absolute atomic E-state index is 12.5. The summed E-state index contributed by atoms with van der Waals surface area (Å²) in [5.74, 6) is -0.806. The van der Waals surface area contributed by atoms with Gasteiger partial charge < -0.3 is 24.6 Å². The van der Waals surface area contributed by atoms with E-state index in [1.54, 1.807) is 36.4 Å². The molecule has 8 heteroatoms. The smallest absolute Gasteiger partial charge is 0.306 e. The van der Waals surface area contributed by atoms with Crippen LogP contribution in [0, 0.1) is 0 Å². The number of nitrogens with one attached hydrogen (secondary N) is 1. The van der Waals surface area contributed by atoms with Crippen molar-refractivity contribution in [3.63, 3.8) is 0 Å². The summed E-state index contributed by atoms with van der Waals surface area (Å²) in [6.45, 7) is 0. The number of para-hydroxylation sites is 2. The van der Waals surface area contributed by atoms with Crippen molar-refractivity contribution in [2.45, 2.75) is 18.6 Å². The van der Waals surface area contributed by atoms with Crippen LogP contribution in [0.3, 0.4) is 0 Å². The van der Waals surface area contributed by atoms with E-state index in [9.17, 15) is 9.59 Å². The molecule has 0 aliphatic carbocycles. The van der Waals surface area contributed by atoms with Gasteiger partial charge in [-0.1, -0.05) is 35.9 Å². The van der Waals surface area contributed by atoms with E-state index < -0.39 is 30.5 Å². The lowest BCUT2D eigenvalue weighted by Crippen LogP contribution is -2.31. The van der Waals surface area contributed by atoms with Gasteiger partial charge in [0.15, 0.2) is 11.5 Å². The molecular formula is C19H18ClNO6. The topological polar surface area (TPSA) is 94.1 Å². The van der Waals surface area contributed by atoms with Crippen molar-refractivity contribution in [3.05, 3.63) is 52.5 Å². The summed E-state index contributed by atoms with van der Waals surface area (Å²) in [6, 6.07) is 10.4. The molecule has 142 valence electrons. The molecular weight excluding hydrogens is 374 g/mol. The van der Waals surface area contributed by atoms with Crippen LogP contribution in [0.5, 0.6) is 11.5 Å². The maximum Gasteiger partial charge on any atom is 0.306 e. The van der Waals surface area contributed by atoms with Crippen LogP contribution < -0.4 is 14.8 Å². The number of methoxy groups -OCH3 is 2. The average Bonchev–Trinajstić information content (AvgIpc) is 2.78. The lowest BCUT2D eigenvalue weighted by molar-refractivity contribution is -0.146. The first-order valence-corrected chi connectivity index (χ1v) is 8.51. The Morgan fingerprint density at radius 1 is 1.19 bits per heavy atom. The molecule has 0 aromatic heterocycles. The van der Waals surface area contributed by atoms with Crippen molar-refractivity contribution in [1.82, 2.24) is 0 Å². The van der Waals surface area contributed by atoms with Gasteiger partial charge >= 0.3 is 5.97 Å². The highest BCUT2D eigenvalue weighted by Gasteiger charge is 2.35. The molecule has 0 saturated heterocycles. The van der Waals surface area contributed by atoms with Crippen LogP contribution in [-0.4, -0.2) is 37.3 Å². The number of anilines is 1. The first-order valence-electron chi connectivity index (χ1n) is 8.13. The summed E-state index contributed by atoms with van der Waals surface area (Å²) < 4.78 is 16.8. The molecule has 0 bridgehead atoms. The molecule has 7 nitrogen and oxygen atoms in total. The van der Waals surface area contributed by atoms with E-state index in [0.29, 0.717) is 33.3 Å². The van der Waals surface area contributed by atoms with Crippen molar-refractivity contribution >= 4 is 29.2 Å². The Morgan fingerprint density at radius 3 is 2.56 bits per heavy atom. The molecule has 2 atom stereocenters. The van der Waals surface area contributed by atoms with Gasteiger partial charge in [-0.2, -0.15) is 0 Å². The summed E-state index contributed by atoms with van der Waals surface area (Å²) in [5, 5.41) is 12.2. The van der Waals surface area contributed by atoms with Crippen LogP contribution in [0.25, 0.3) is 0 Å². The van der Waals surface area contributed by atoms with Gasteiger partial charge in [0.2, 0.25) is 0 Å². The van der Waals surface area contributed by atoms with E-state index in [-0.39, 0.29) is 0 Å². The van der Waals surface area contributed by atoms with E-state index in [0.717, 1.165) is 0 Å². The number of rotatable bonds is 5. The molecule has 1 heterocycles. The summed E-state index contributed by atoms with van der Waals surface area (Å²) >= 11 is 6.28. The van der Waals surface area contributed by atoms with Gasteiger partial charge in [0, 0.05) is 11.1 Å². The lowest BCUT2D eigenvalue weighted by Gasteiger charge is -2.23. The van der Waals surface area contributed by atoms with Crippen LogP contribution >= 0.6 is 11.6 Å². The summed E-state index contributed by atoms with van der Waals surface area (Å²) in [7, 11) is 3.01. The molecule has 2 unspecified atom stereocenters. The number of benzene rings is 2. The van der Waals surface area contributed by atoms with Crippen molar-refractivity contribution < 1.29 is 28.9 Å². The number of aliphatic carboxylic acids is 1. The predicted octanol–water partition coefficient (Wildman–Crippen LogP) is 3.26. The van der Waals surface area contributed by atoms with Crippen LogP contribution in [0.2, 0.25) is 5.02 Å². The number of hydrogen-bond donors (Lipinski definition) is 2. The Bertz CT molecular complexity index is 884. The molecule has 2 aromatic carbocycles. The molecule has 1 amide bonds. The van der Waals surface area contributed by atoms with Gasteiger partial charge in [0.25, 0.3) is 5.91 Å². The highest BCUT2D eigenvalue weighted by Crippen LogP contribution is 2.44. The molecule has 27 heavy (non-hydrogen) atoms. The lowest BCUT2D eigenvalue weighted by atomic mass is 9.98. The molecule has 2 aromatic rings. The van der Waals surface area contributed by atoms with Gasteiger partial charge in [-0.05, 0) is 12.1 Å². The first-order chi connectivity index (χ1) is 13.0. The van der Waals surface area contributed by atoms with E-state index >= 15 is 0 Å². The second-order valence-electron chi connectivity index (χ2n) is 5.88. The van der Waals surface area contributed by atoms with Gasteiger partial charge in [-0.25, -0.2) is 0 Å². The minimum Gasteiger partial charge on any atom is -0.493 e. The Hall–Kier alpha value is -2.77. The van der Waals surface area contributed by atoms with E-state index in [1.807, 2.05) is 0 Å². The third kappa shape index (κ3) is 3.70. The van der Waals surface area contributed by atoms with Crippen LogP contribution in [-0.2, 0) is 14.3 Å². The average molecular weight is 392 g/mol. The van der Waals surface area contributed by atoms with Crippen molar-refractivity contribution in [1.29, 1.82) is 0 Å². The van der Waals surface area contributed by atoms with Crippen LogP contribution in [0.15, 0.2) is 36.4 Å². The molecule has 2 N–H and O–H groups in total. The van der Waals surface area contributed by atoms with Gasteiger partial charge in [0.05, 0.1) is 31.4 Å². The standard InChI is InChI=1S/C19H18ClNO6/c1-25-13-8-4-6-11(18(13)26-2)17-10-5-3-7-12(20)16(10)21-19(24)14(27-17)9-15(22)23/h3-8,14,17H,9H2,1-2H3,(H,21,24)(H,22,23). The second kappa shape index (κ2) is 7.85. The fourth-order valence-electron chi connectivity index (χ4n) is 3.05. The molecule has 0 fully saturated rings. The predicted molar refractivity (Wildman–Crippen MR) is 98.6 cm³/mol. The van der Waals surface area contributed by atoms with Gasteiger partial charge in [-0.15, -0.1) is 0 Å². The monoisotopic (exact) mass is 391 g/mol. The summed E-state index contributed by atoms with van der Waals surface area (Å²) in [4.78, 5) is 23.7. The fraction of sp³-hybridized carbons (Fsp3) is 0.263. The van der Waals surface area contributed by atoms with Crippen molar-refractivity contribution in [2.75, 3.05) is 19.5 Å². The molecule has 0 radical (unpaired) electrons. The van der Waals surface area contributed by atoms with Gasteiger partial charge in [-0.3, -0.25) is 9.59 Å². The molecule has 1 aliphatic heterocycles. The molecule has 3 rings (SSSR count). The zero-order chi connectivity index (χ0) is 19.6. The first kappa shape index (κ1) is 19.0. The van der Waals surface area contributed by atoms with E-state index in [4.69, 9.17) is 30.9 Å². The van der Waals surface area contributed by atoms with Crippen molar-refractivity contribution in [3.8, 4) is 11.5 Å². The third-order valence-electron chi connectivity index (χ3n) is 4.25. The number of fused-ring (bicyclic) bond motifs is 1. The third-order valence-corrected chi connectivity index (χ3v) is 4.56. The minimum absolute atomic E-state index is 0.326. The number of halogens is 1. The normalized spacial score (nSPS) is 18.9. The Balaban J connectivity index is 2.19. The highest BCUT2D eigenvalue weighted by atomic mass is 35.5. The Labute approximate surface area is 160 Å². The summed E-state index contributed by atoms with van der Waals surface area (Å²) in [6.07, 6.45) is -2.47. The minimum atomic E-state index is -1.20. The van der Waals surface area contributed by atoms with Crippen LogP contribution in [0.1, 0.15) is 23.7 Å². The zero-order valence-electron chi connectivity index (χ0n) is 14.7. The molecule has 0 spiro atoms. The Morgan fingerprint density at radius 2 is 1.89 bits per heavy atom. The number of carboxylic acids is 1. The number of hydrogen-bond acceptors (Lipinski definition) is 5. The number of ether oxygens (including phenoxy) is 3. The maximum atomic E-state index is 12.5. The van der Waals surface area contributed by atoms with Crippen molar-refractivity contribution in [2.24, 2.45) is 0 Å². The SMILES string of the molecule is COc1cccc(C2OC(CC(=O)O)C(=O)Nc3c(Cl)cccc32)c1OC. The summed E-state index contributed by atoms with van der Waals surface area (Å²) in [5.41, 5.74) is 1.56. The van der Waals surface area contributed by atoms with E-state index in [1.165, 1.54) is 14.2 Å². The quantitative estimate of drug-likeness (QED) is 0.812. The number of amides is 1. The number of carbonyl (C=O) groups excluding carboxylic acids is 1. The highest BCUT2D eigenvalue weighted by molar-refractivity contribution is 6.34. The largest absolute Gasteiger partial charge is 0.493 e. The van der Waals surface area contributed by atoms with E-state index in [2.05, 4.69) is 5.32 Å². The zero-order valence-corrected chi connectivity index (χ0v) is 15.4. The number of carboxylic acid groups (broad SMARTS) is 1. The molecule has 0 saturated carbocycles. The number of carbonyl (C=O) groups is 2. The second-order valence-corrected chi connectivity index (χ2v) is 6.29. The Kier molecular flexibility index (Phi) is 5.53. The molecule has 1 aliphatic rings. The van der Waals surface area contributed by atoms with Crippen LogP contribution in [0.4, 0.5) is 5.69 Å². The van der Waals surface area contributed by atoms with Gasteiger partial charge in [0.1, 0.15) is 12.2 Å².